The maximum Gasteiger partial charge on any atom is 0.159 e. The molecule has 0 aliphatic heterocycles. The molecule has 0 radical (unpaired) electrons. The van der Waals surface area contributed by atoms with Crippen molar-refractivity contribution in [1.82, 2.24) is 0 Å². The lowest BCUT2D eigenvalue weighted by molar-refractivity contribution is 0.140. The monoisotopic (exact) mass is 470 g/mol. The summed E-state index contributed by atoms with van der Waals surface area (Å²) in [6.07, 6.45) is 18.8. The van der Waals surface area contributed by atoms with Crippen LogP contribution >= 0.6 is 0 Å². The Bertz CT molecular complexity index is 905. The van der Waals surface area contributed by atoms with Crippen molar-refractivity contribution in [2.24, 2.45) is 23.7 Å². The summed E-state index contributed by atoms with van der Waals surface area (Å²) in [5, 5.41) is 0. The highest BCUT2D eigenvalue weighted by Crippen LogP contribution is 2.43. The van der Waals surface area contributed by atoms with Crippen molar-refractivity contribution < 1.29 is 13.2 Å². The number of halogens is 3. The van der Waals surface area contributed by atoms with Crippen LogP contribution in [0, 0.1) is 41.1 Å². The molecule has 4 rings (SSSR count). The fourth-order valence-electron chi connectivity index (χ4n) is 6.56. The molecule has 34 heavy (non-hydrogen) atoms. The molecular formula is C31H41F3. The van der Waals surface area contributed by atoms with Gasteiger partial charge in [-0.25, -0.2) is 13.2 Å². The van der Waals surface area contributed by atoms with Crippen molar-refractivity contribution in [1.29, 1.82) is 0 Å². The SMILES string of the molecule is CCCCC[C@H]1CC[C@H]([C@H]2CC[C@H](CCc3ccc(-c4ccc(F)c(F)c4)c(F)c3)CC2)CC1. The van der Waals surface area contributed by atoms with E-state index in [1.54, 1.807) is 12.1 Å². The van der Waals surface area contributed by atoms with E-state index in [2.05, 4.69) is 6.92 Å². The summed E-state index contributed by atoms with van der Waals surface area (Å²) in [6.45, 7) is 2.29. The van der Waals surface area contributed by atoms with Gasteiger partial charge in [-0.3, -0.25) is 0 Å². The summed E-state index contributed by atoms with van der Waals surface area (Å²) in [6, 6.07) is 8.74. The van der Waals surface area contributed by atoms with Crippen molar-refractivity contribution in [2.45, 2.75) is 96.8 Å². The van der Waals surface area contributed by atoms with Gasteiger partial charge < -0.3 is 0 Å². The first-order chi connectivity index (χ1) is 16.5. The lowest BCUT2D eigenvalue weighted by atomic mass is 9.68. The van der Waals surface area contributed by atoms with E-state index in [1.807, 2.05) is 6.07 Å². The summed E-state index contributed by atoms with van der Waals surface area (Å²) in [5.41, 5.74) is 1.69. The zero-order valence-electron chi connectivity index (χ0n) is 20.8. The first-order valence-electron chi connectivity index (χ1n) is 13.8. The summed E-state index contributed by atoms with van der Waals surface area (Å²) in [7, 11) is 0. The molecule has 2 fully saturated rings. The molecule has 0 amide bonds. The van der Waals surface area contributed by atoms with Crippen LogP contribution in [0.1, 0.15) is 96.0 Å². The summed E-state index contributed by atoms with van der Waals surface area (Å²) < 4.78 is 41.4. The van der Waals surface area contributed by atoms with Gasteiger partial charge in [0.2, 0.25) is 0 Å². The molecule has 3 heteroatoms. The second kappa shape index (κ2) is 12.3. The Balaban J connectivity index is 1.20. The molecule has 2 saturated carbocycles. The van der Waals surface area contributed by atoms with Crippen molar-refractivity contribution in [3.05, 3.63) is 59.4 Å². The molecule has 0 bridgehead atoms. The minimum absolute atomic E-state index is 0.322. The third kappa shape index (κ3) is 6.67. The number of aryl methyl sites for hydroxylation is 1. The molecule has 0 heterocycles. The smallest absolute Gasteiger partial charge is 0.159 e. The Morgan fingerprint density at radius 1 is 0.647 bits per heavy atom. The average molecular weight is 471 g/mol. The van der Waals surface area contributed by atoms with Crippen LogP contribution in [0.2, 0.25) is 0 Å². The van der Waals surface area contributed by atoms with Crippen molar-refractivity contribution in [3.63, 3.8) is 0 Å². The molecule has 2 aliphatic rings. The van der Waals surface area contributed by atoms with Gasteiger partial charge in [-0.2, -0.15) is 0 Å². The van der Waals surface area contributed by atoms with Gasteiger partial charge in [0.25, 0.3) is 0 Å². The van der Waals surface area contributed by atoms with E-state index in [0.29, 0.717) is 11.1 Å². The number of hydrogen-bond acceptors (Lipinski definition) is 0. The van der Waals surface area contributed by atoms with Gasteiger partial charge in [0, 0.05) is 5.56 Å². The Kier molecular flexibility index (Phi) is 9.14. The highest BCUT2D eigenvalue weighted by molar-refractivity contribution is 5.64. The Hall–Kier alpha value is -1.77. The Labute approximate surface area is 204 Å². The number of unbranched alkanes of at least 4 members (excludes halogenated alkanes) is 2. The van der Waals surface area contributed by atoms with E-state index in [4.69, 9.17) is 0 Å². The molecule has 0 atom stereocenters. The summed E-state index contributed by atoms with van der Waals surface area (Å²) >= 11 is 0. The highest BCUT2D eigenvalue weighted by atomic mass is 19.2. The molecule has 0 spiro atoms. The predicted molar refractivity (Wildman–Crippen MR) is 135 cm³/mol. The molecule has 2 aromatic rings. The largest absolute Gasteiger partial charge is 0.206 e. The molecule has 0 N–H and O–H groups in total. The molecular weight excluding hydrogens is 429 g/mol. The standard InChI is InChI=1S/C31H41F3/c1-2-3-4-5-22-8-13-25(14-9-22)26-15-10-23(11-16-26)6-7-24-12-18-28(30(33)20-24)27-17-19-29(32)31(34)21-27/h12,17-23,25-26H,2-11,13-16H2,1H3/t22-,23-,25-,26-. The predicted octanol–water partition coefficient (Wildman–Crippen LogP) is 9.90. The van der Waals surface area contributed by atoms with Crippen LogP contribution in [0.25, 0.3) is 11.1 Å². The van der Waals surface area contributed by atoms with Crippen LogP contribution in [-0.2, 0) is 6.42 Å². The van der Waals surface area contributed by atoms with Gasteiger partial charge in [0.1, 0.15) is 5.82 Å². The van der Waals surface area contributed by atoms with E-state index in [1.165, 1.54) is 83.1 Å². The molecule has 0 unspecified atom stereocenters. The van der Waals surface area contributed by atoms with Crippen LogP contribution in [0.5, 0.6) is 0 Å². The second-order valence-electron chi connectivity index (χ2n) is 11.0. The quantitative estimate of drug-likeness (QED) is 0.320. The lowest BCUT2D eigenvalue weighted by Gasteiger charge is -2.38. The molecule has 0 nitrogen and oxygen atoms in total. The third-order valence-corrected chi connectivity index (χ3v) is 8.77. The fourth-order valence-corrected chi connectivity index (χ4v) is 6.56. The van der Waals surface area contributed by atoms with E-state index in [-0.39, 0.29) is 5.82 Å². The fraction of sp³-hybridized carbons (Fsp3) is 0.613. The zero-order valence-corrected chi connectivity index (χ0v) is 20.8. The third-order valence-electron chi connectivity index (χ3n) is 8.77. The van der Waals surface area contributed by atoms with E-state index >= 15 is 0 Å². The zero-order chi connectivity index (χ0) is 23.9. The summed E-state index contributed by atoms with van der Waals surface area (Å²) in [4.78, 5) is 0. The first kappa shape index (κ1) is 25.3. The van der Waals surface area contributed by atoms with E-state index < -0.39 is 11.6 Å². The minimum Gasteiger partial charge on any atom is -0.206 e. The van der Waals surface area contributed by atoms with Gasteiger partial charge in [0.05, 0.1) is 0 Å². The van der Waals surface area contributed by atoms with Gasteiger partial charge in [0.15, 0.2) is 11.6 Å². The normalized spacial score (nSPS) is 25.4. The molecule has 2 aliphatic carbocycles. The highest BCUT2D eigenvalue weighted by Gasteiger charge is 2.30. The van der Waals surface area contributed by atoms with E-state index in [9.17, 15) is 13.2 Å². The van der Waals surface area contributed by atoms with E-state index in [0.717, 1.165) is 54.2 Å². The van der Waals surface area contributed by atoms with Crippen LogP contribution in [0.15, 0.2) is 36.4 Å². The van der Waals surface area contributed by atoms with Gasteiger partial charge in [-0.05, 0) is 91.5 Å². The molecule has 0 saturated heterocycles. The minimum atomic E-state index is -0.948. The number of benzene rings is 2. The molecule has 2 aromatic carbocycles. The van der Waals surface area contributed by atoms with Crippen molar-refractivity contribution in [3.8, 4) is 11.1 Å². The van der Waals surface area contributed by atoms with Gasteiger partial charge >= 0.3 is 0 Å². The molecule has 0 aromatic heterocycles. The van der Waals surface area contributed by atoms with Crippen LogP contribution < -0.4 is 0 Å². The summed E-state index contributed by atoms with van der Waals surface area (Å²) in [5.74, 6) is 1.41. The maximum absolute atomic E-state index is 14.7. The van der Waals surface area contributed by atoms with Crippen LogP contribution in [-0.4, -0.2) is 0 Å². The lowest BCUT2D eigenvalue weighted by Crippen LogP contribution is -2.26. The topological polar surface area (TPSA) is 0 Å². The Morgan fingerprint density at radius 2 is 1.29 bits per heavy atom. The van der Waals surface area contributed by atoms with Crippen molar-refractivity contribution >= 4 is 0 Å². The number of hydrogen-bond donors (Lipinski definition) is 0. The van der Waals surface area contributed by atoms with Gasteiger partial charge in [-0.15, -0.1) is 0 Å². The van der Waals surface area contributed by atoms with Crippen LogP contribution in [0.4, 0.5) is 13.2 Å². The van der Waals surface area contributed by atoms with Gasteiger partial charge in [-0.1, -0.05) is 76.5 Å². The maximum atomic E-state index is 14.7. The first-order valence-corrected chi connectivity index (χ1v) is 13.8. The second-order valence-corrected chi connectivity index (χ2v) is 11.0. The average Bonchev–Trinajstić information content (AvgIpc) is 2.86. The Morgan fingerprint density at radius 3 is 1.88 bits per heavy atom. The van der Waals surface area contributed by atoms with Crippen molar-refractivity contribution in [2.75, 3.05) is 0 Å². The number of rotatable bonds is 9. The molecule has 186 valence electrons. The van der Waals surface area contributed by atoms with Crippen LogP contribution in [0.3, 0.4) is 0 Å².